The minimum absolute atomic E-state index is 0.392. The molecule has 0 unspecified atom stereocenters. The molecule has 0 saturated carbocycles. The number of allylic oxidation sites excluding steroid dienone is 1. The van der Waals surface area contributed by atoms with Gasteiger partial charge in [-0.15, -0.1) is 0 Å². The van der Waals surface area contributed by atoms with Crippen LogP contribution in [0.1, 0.15) is 62.1 Å². The van der Waals surface area contributed by atoms with Crippen LogP contribution in [0.5, 0.6) is 5.75 Å². The average molecular weight is 541 g/mol. The largest absolute Gasteiger partial charge is 0.487 e. The highest BCUT2D eigenvalue weighted by Crippen LogP contribution is 2.38. The van der Waals surface area contributed by atoms with Gasteiger partial charge in [0.2, 0.25) is 0 Å². The van der Waals surface area contributed by atoms with Crippen LogP contribution in [0.4, 0.5) is 5.69 Å². The number of benzene rings is 2. The zero-order chi connectivity index (χ0) is 27.1. The molecule has 2 heterocycles. The molecule has 6 nitrogen and oxygen atoms in total. The molecule has 0 aliphatic carbocycles. The molecule has 206 valence electrons. The predicted molar refractivity (Wildman–Crippen MR) is 153 cm³/mol. The van der Waals surface area contributed by atoms with Crippen LogP contribution < -0.4 is 9.64 Å². The second kappa shape index (κ2) is 13.0. The van der Waals surface area contributed by atoms with Gasteiger partial charge in [0.1, 0.15) is 12.4 Å². The molecule has 38 heavy (non-hydrogen) atoms. The second-order valence-corrected chi connectivity index (χ2v) is 11.3. The van der Waals surface area contributed by atoms with Crippen molar-refractivity contribution in [1.82, 2.24) is 4.90 Å². The van der Waals surface area contributed by atoms with E-state index in [1.54, 1.807) is 6.07 Å². The third-order valence-corrected chi connectivity index (χ3v) is 8.16. The zero-order valence-corrected chi connectivity index (χ0v) is 23.4. The number of halogens is 1. The first-order valence-electron chi connectivity index (χ1n) is 13.9. The van der Waals surface area contributed by atoms with Crippen molar-refractivity contribution in [3.8, 4) is 5.75 Å². The Morgan fingerprint density at radius 3 is 2.61 bits per heavy atom. The third-order valence-electron chi connectivity index (χ3n) is 7.92. The highest BCUT2D eigenvalue weighted by Gasteiger charge is 2.44. The quantitative estimate of drug-likeness (QED) is 0.430. The smallest absolute Gasteiger partial charge is 0.340 e. The van der Waals surface area contributed by atoms with Crippen LogP contribution >= 0.6 is 11.6 Å². The Morgan fingerprint density at radius 1 is 1.03 bits per heavy atom. The van der Waals surface area contributed by atoms with Crippen LogP contribution in [-0.4, -0.2) is 54.3 Å². The molecule has 2 bridgehead atoms. The van der Waals surface area contributed by atoms with Crippen molar-refractivity contribution in [1.29, 1.82) is 0 Å². The number of hydrogen-bond acceptors (Lipinski definition) is 5. The van der Waals surface area contributed by atoms with Crippen LogP contribution in [0.3, 0.4) is 0 Å². The minimum atomic E-state index is -2.02. The van der Waals surface area contributed by atoms with E-state index in [0.29, 0.717) is 24.5 Å². The van der Waals surface area contributed by atoms with Crippen molar-refractivity contribution in [2.75, 3.05) is 38.1 Å². The molecule has 2 aliphatic rings. The maximum atomic E-state index is 12.6. The summed E-state index contributed by atoms with van der Waals surface area (Å²) in [5.74, 6) is -1.05. The number of rotatable bonds is 1. The van der Waals surface area contributed by atoms with Gasteiger partial charge in [-0.2, -0.15) is 0 Å². The topological polar surface area (TPSA) is 73.2 Å². The summed E-state index contributed by atoms with van der Waals surface area (Å²) >= 11 is 6.29. The maximum absolute atomic E-state index is 12.6. The van der Waals surface area contributed by atoms with Crippen LogP contribution in [-0.2, 0) is 23.4 Å². The Hall–Kier alpha value is -2.54. The minimum Gasteiger partial charge on any atom is -0.487 e. The number of aliphatic carboxylic acids is 1. The van der Waals surface area contributed by atoms with Crippen LogP contribution in [0.2, 0.25) is 5.02 Å². The first-order valence-corrected chi connectivity index (χ1v) is 14.3. The molecule has 2 aliphatic heterocycles. The molecule has 2 aromatic rings. The fraction of sp³-hybridized carbons (Fsp3) is 0.516. The van der Waals surface area contributed by atoms with Gasteiger partial charge in [-0.3, -0.25) is 0 Å². The van der Waals surface area contributed by atoms with E-state index in [9.17, 15) is 15.0 Å². The Balaban J connectivity index is 1.76. The predicted octanol–water partition coefficient (Wildman–Crippen LogP) is 6.03. The number of carbonyl (C=O) groups is 1. The number of nitrogens with zero attached hydrogens (tertiary/aromatic N) is 2. The standard InChI is InChI=1S/C31H41ClN2O4/c1-23-21-33(2)16-8-5-3-4-6-9-17-34-18-10-7-11-24-19-27(32)14-12-25(24)22-38-29-15-13-26(20-28(29)34)31(23,37)30(35)36/h5,8,12-15,19-20,23,37H,3-4,6-7,9-11,16-18,21-22H2,1-2H3,(H,35,36)/b8-5-/t23-,31+/m0/s1. The van der Waals surface area contributed by atoms with Gasteiger partial charge in [-0.25, -0.2) is 4.79 Å². The molecule has 0 aromatic heterocycles. The van der Waals surface area contributed by atoms with E-state index in [0.717, 1.165) is 80.9 Å². The first kappa shape index (κ1) is 28.5. The number of ether oxygens (including phenoxy) is 1. The lowest BCUT2D eigenvalue weighted by Crippen LogP contribution is -2.46. The second-order valence-electron chi connectivity index (χ2n) is 10.8. The van der Waals surface area contributed by atoms with Gasteiger partial charge >= 0.3 is 5.97 Å². The van der Waals surface area contributed by atoms with Crippen LogP contribution in [0, 0.1) is 5.92 Å². The van der Waals surface area contributed by atoms with Crippen LogP contribution in [0.15, 0.2) is 48.6 Å². The van der Waals surface area contributed by atoms with Crippen molar-refractivity contribution in [3.63, 3.8) is 0 Å². The Bertz CT molecular complexity index is 1140. The molecule has 2 N–H and O–H groups in total. The molecule has 0 radical (unpaired) electrons. The Kier molecular flexibility index (Phi) is 9.74. The van der Waals surface area contributed by atoms with E-state index < -0.39 is 17.5 Å². The summed E-state index contributed by atoms with van der Waals surface area (Å²) in [6.07, 6.45) is 11.6. The monoisotopic (exact) mass is 540 g/mol. The summed E-state index contributed by atoms with van der Waals surface area (Å²) in [6.45, 7) is 5.07. The van der Waals surface area contributed by atoms with Crippen molar-refractivity contribution in [3.05, 3.63) is 70.3 Å². The summed E-state index contributed by atoms with van der Waals surface area (Å²) in [6, 6.07) is 11.4. The first-order chi connectivity index (χ1) is 18.3. The van der Waals surface area contributed by atoms with Crippen molar-refractivity contribution >= 4 is 23.3 Å². The van der Waals surface area contributed by atoms with Gasteiger partial charge in [0.05, 0.1) is 5.69 Å². The third kappa shape index (κ3) is 6.71. The molecule has 0 amide bonds. The average Bonchev–Trinajstić information content (AvgIpc) is 2.92. The van der Waals surface area contributed by atoms with Gasteiger partial charge in [-0.1, -0.05) is 49.2 Å². The lowest BCUT2D eigenvalue weighted by atomic mass is 9.81. The van der Waals surface area contributed by atoms with Crippen LogP contribution in [0.25, 0.3) is 0 Å². The van der Waals surface area contributed by atoms with E-state index in [1.807, 2.05) is 44.3 Å². The van der Waals surface area contributed by atoms with E-state index in [-0.39, 0.29) is 0 Å². The number of anilines is 1. The van der Waals surface area contributed by atoms with E-state index in [2.05, 4.69) is 22.0 Å². The number of carboxylic acid groups (broad SMARTS) is 1. The lowest BCUT2D eigenvalue weighted by molar-refractivity contribution is -0.166. The SMILES string of the molecule is C[C@H]1CN(C)C/C=C\CCCCCN2CCCCc3cc(Cl)ccc3COc3ccc(cc32)[C@@]1(O)C(=O)O. The zero-order valence-electron chi connectivity index (χ0n) is 22.7. The van der Waals surface area contributed by atoms with Gasteiger partial charge in [0, 0.05) is 37.1 Å². The maximum Gasteiger partial charge on any atom is 0.340 e. The molecule has 2 atom stereocenters. The lowest BCUT2D eigenvalue weighted by Gasteiger charge is -2.34. The van der Waals surface area contributed by atoms with E-state index in [1.165, 1.54) is 5.56 Å². The van der Waals surface area contributed by atoms with Crippen molar-refractivity contribution in [2.24, 2.45) is 5.92 Å². The molecule has 4 rings (SSSR count). The molecular formula is C31H41ClN2O4. The van der Waals surface area contributed by atoms with Crippen molar-refractivity contribution in [2.45, 2.75) is 64.1 Å². The number of likely N-dealkylation sites (N-methyl/N-ethyl adjacent to an activating group) is 1. The Morgan fingerprint density at radius 2 is 1.82 bits per heavy atom. The molecular weight excluding hydrogens is 500 g/mol. The highest BCUT2D eigenvalue weighted by molar-refractivity contribution is 6.30. The number of aryl methyl sites for hydroxylation is 1. The molecule has 7 heteroatoms. The summed E-state index contributed by atoms with van der Waals surface area (Å²) in [5, 5.41) is 22.7. The van der Waals surface area contributed by atoms with E-state index in [4.69, 9.17) is 16.3 Å². The summed E-state index contributed by atoms with van der Waals surface area (Å²) in [4.78, 5) is 17.0. The van der Waals surface area contributed by atoms with Gasteiger partial charge in [-0.05, 0) is 86.5 Å². The molecule has 0 spiro atoms. The highest BCUT2D eigenvalue weighted by atomic mass is 35.5. The number of carboxylic acids is 1. The number of hydrogen-bond donors (Lipinski definition) is 2. The number of fused-ring (bicyclic) bond motifs is 2. The summed E-state index contributed by atoms with van der Waals surface area (Å²) in [5.41, 5.74) is 1.54. The van der Waals surface area contributed by atoms with Gasteiger partial charge < -0.3 is 24.7 Å². The van der Waals surface area contributed by atoms with E-state index >= 15 is 0 Å². The fourth-order valence-corrected chi connectivity index (χ4v) is 5.82. The fourth-order valence-electron chi connectivity index (χ4n) is 5.62. The normalized spacial score (nSPS) is 24.9. The van der Waals surface area contributed by atoms with Gasteiger partial charge in [0.15, 0.2) is 5.60 Å². The van der Waals surface area contributed by atoms with Crippen molar-refractivity contribution < 1.29 is 19.7 Å². The summed E-state index contributed by atoms with van der Waals surface area (Å²) < 4.78 is 6.39. The molecule has 2 aromatic carbocycles. The summed E-state index contributed by atoms with van der Waals surface area (Å²) in [7, 11) is 1.96. The molecule has 0 saturated heterocycles. The molecule has 0 fully saturated rings. The number of aliphatic hydroxyl groups is 1. The Labute approximate surface area is 231 Å². The van der Waals surface area contributed by atoms with Gasteiger partial charge in [0.25, 0.3) is 0 Å².